The van der Waals surface area contributed by atoms with Crippen LogP contribution in [-0.2, 0) is 14.3 Å². The Kier molecular flexibility index (Phi) is 7.45. The number of carbonyl (C=O) groups is 3. The van der Waals surface area contributed by atoms with Crippen molar-refractivity contribution in [3.63, 3.8) is 0 Å². The van der Waals surface area contributed by atoms with E-state index in [9.17, 15) is 14.4 Å². The molecule has 0 fully saturated rings. The first kappa shape index (κ1) is 20.1. The standard InChI is InChI=1S/C18H17ClN2O6/c1-25-14-6-2-12(3-7-14)18(24)27-11-17(23)21-20-16(22)10-26-15-8-4-13(19)5-9-15/h2-9H,10-11H2,1H3,(H,20,22)(H,21,23). The monoisotopic (exact) mass is 392 g/mol. The molecule has 0 aliphatic heterocycles. The Balaban J connectivity index is 1.66. The highest BCUT2D eigenvalue weighted by atomic mass is 35.5. The van der Waals surface area contributed by atoms with Crippen LogP contribution in [0.3, 0.4) is 0 Å². The number of benzene rings is 2. The van der Waals surface area contributed by atoms with E-state index in [-0.39, 0.29) is 12.2 Å². The van der Waals surface area contributed by atoms with Crippen LogP contribution in [-0.4, -0.2) is 38.1 Å². The molecule has 0 unspecified atom stereocenters. The number of rotatable bonds is 7. The SMILES string of the molecule is COc1ccc(C(=O)OCC(=O)NNC(=O)COc2ccc(Cl)cc2)cc1. The van der Waals surface area contributed by atoms with Gasteiger partial charge in [0.1, 0.15) is 11.5 Å². The first-order chi connectivity index (χ1) is 13.0. The Morgan fingerprint density at radius 1 is 0.852 bits per heavy atom. The average Bonchev–Trinajstić information content (AvgIpc) is 2.70. The highest BCUT2D eigenvalue weighted by molar-refractivity contribution is 6.30. The first-order valence-electron chi connectivity index (χ1n) is 7.75. The highest BCUT2D eigenvalue weighted by Gasteiger charge is 2.11. The molecule has 142 valence electrons. The molecule has 0 saturated carbocycles. The summed E-state index contributed by atoms with van der Waals surface area (Å²) < 4.78 is 15.0. The van der Waals surface area contributed by atoms with Gasteiger partial charge in [-0.2, -0.15) is 0 Å². The molecule has 0 aliphatic carbocycles. The third-order valence-corrected chi connectivity index (χ3v) is 3.44. The van der Waals surface area contributed by atoms with Crippen LogP contribution < -0.4 is 20.3 Å². The van der Waals surface area contributed by atoms with Gasteiger partial charge in [-0.05, 0) is 48.5 Å². The molecule has 0 heterocycles. The molecule has 0 saturated heterocycles. The number of amides is 2. The molecule has 2 aromatic carbocycles. The second-order valence-corrected chi connectivity index (χ2v) is 5.58. The van der Waals surface area contributed by atoms with Gasteiger partial charge in [0.25, 0.3) is 11.8 Å². The van der Waals surface area contributed by atoms with Gasteiger partial charge >= 0.3 is 5.97 Å². The summed E-state index contributed by atoms with van der Waals surface area (Å²) in [7, 11) is 1.51. The van der Waals surface area contributed by atoms with Gasteiger partial charge in [-0.15, -0.1) is 0 Å². The van der Waals surface area contributed by atoms with E-state index in [2.05, 4.69) is 10.9 Å². The first-order valence-corrected chi connectivity index (χ1v) is 8.13. The number of hydrogen-bond acceptors (Lipinski definition) is 6. The minimum atomic E-state index is -0.697. The lowest BCUT2D eigenvalue weighted by Crippen LogP contribution is -2.45. The zero-order valence-corrected chi connectivity index (χ0v) is 15.1. The van der Waals surface area contributed by atoms with Gasteiger partial charge in [-0.3, -0.25) is 20.4 Å². The van der Waals surface area contributed by atoms with Gasteiger partial charge < -0.3 is 14.2 Å². The zero-order valence-electron chi connectivity index (χ0n) is 14.4. The molecule has 0 bridgehead atoms. The van der Waals surface area contributed by atoms with Crippen molar-refractivity contribution >= 4 is 29.4 Å². The molecule has 0 spiro atoms. The lowest BCUT2D eigenvalue weighted by Gasteiger charge is -2.09. The molecule has 9 heteroatoms. The highest BCUT2D eigenvalue weighted by Crippen LogP contribution is 2.15. The predicted octanol–water partition coefficient (Wildman–Crippen LogP) is 1.73. The Morgan fingerprint density at radius 3 is 2.00 bits per heavy atom. The van der Waals surface area contributed by atoms with Crippen LogP contribution in [0.5, 0.6) is 11.5 Å². The minimum Gasteiger partial charge on any atom is -0.497 e. The number of halogens is 1. The smallest absolute Gasteiger partial charge is 0.338 e. The van der Waals surface area contributed by atoms with Gasteiger partial charge in [-0.25, -0.2) is 4.79 Å². The van der Waals surface area contributed by atoms with Crippen LogP contribution in [0.1, 0.15) is 10.4 Å². The number of nitrogens with one attached hydrogen (secondary N) is 2. The molecule has 2 N–H and O–H groups in total. The fourth-order valence-corrected chi connectivity index (χ4v) is 1.96. The maximum absolute atomic E-state index is 11.8. The van der Waals surface area contributed by atoms with Crippen LogP contribution >= 0.6 is 11.6 Å². The summed E-state index contributed by atoms with van der Waals surface area (Å²) in [6.45, 7) is -0.864. The van der Waals surface area contributed by atoms with E-state index in [1.165, 1.54) is 19.2 Å². The van der Waals surface area contributed by atoms with E-state index < -0.39 is 24.4 Å². The molecule has 2 aromatic rings. The number of hydrazine groups is 1. The summed E-state index contributed by atoms with van der Waals surface area (Å²) in [6, 6.07) is 12.7. The second kappa shape index (κ2) is 10.0. The van der Waals surface area contributed by atoms with Gasteiger partial charge in [0, 0.05) is 5.02 Å². The second-order valence-electron chi connectivity index (χ2n) is 5.14. The minimum absolute atomic E-state index is 0.268. The van der Waals surface area contributed by atoms with Gasteiger partial charge in [0.05, 0.1) is 12.7 Å². The maximum Gasteiger partial charge on any atom is 0.338 e. The summed E-state index contributed by atoms with van der Waals surface area (Å²) in [4.78, 5) is 35.0. The number of ether oxygens (including phenoxy) is 3. The summed E-state index contributed by atoms with van der Waals surface area (Å²) in [6.07, 6.45) is 0. The lowest BCUT2D eigenvalue weighted by molar-refractivity contribution is -0.131. The third kappa shape index (κ3) is 6.87. The Hall–Kier alpha value is -3.26. The largest absolute Gasteiger partial charge is 0.497 e. The van der Waals surface area contributed by atoms with Crippen molar-refractivity contribution in [1.82, 2.24) is 10.9 Å². The van der Waals surface area contributed by atoms with E-state index in [4.69, 9.17) is 25.8 Å². The normalized spacial score (nSPS) is 9.85. The summed E-state index contributed by atoms with van der Waals surface area (Å²) in [5.74, 6) is -0.913. The van der Waals surface area contributed by atoms with E-state index in [1.807, 2.05) is 0 Å². The number of methoxy groups -OCH3 is 1. The van der Waals surface area contributed by atoms with E-state index in [0.29, 0.717) is 16.5 Å². The van der Waals surface area contributed by atoms with E-state index in [0.717, 1.165) is 0 Å². The molecule has 0 aliphatic rings. The molecular formula is C18H17ClN2O6. The zero-order chi connectivity index (χ0) is 19.6. The van der Waals surface area contributed by atoms with Crippen LogP contribution in [0.15, 0.2) is 48.5 Å². The molecular weight excluding hydrogens is 376 g/mol. The van der Waals surface area contributed by atoms with Crippen molar-refractivity contribution in [2.24, 2.45) is 0 Å². The van der Waals surface area contributed by atoms with Crippen LogP contribution in [0, 0.1) is 0 Å². The van der Waals surface area contributed by atoms with Gasteiger partial charge in [-0.1, -0.05) is 11.6 Å². The summed E-state index contributed by atoms with van der Waals surface area (Å²) in [5, 5.41) is 0.545. The Bertz CT molecular complexity index is 793. The molecule has 27 heavy (non-hydrogen) atoms. The summed E-state index contributed by atoms with van der Waals surface area (Å²) >= 11 is 5.74. The molecule has 0 atom stereocenters. The van der Waals surface area contributed by atoms with Crippen LogP contribution in [0.4, 0.5) is 0 Å². The van der Waals surface area contributed by atoms with Crippen LogP contribution in [0.2, 0.25) is 5.02 Å². The molecule has 2 amide bonds. The molecule has 2 rings (SSSR count). The number of hydrogen-bond donors (Lipinski definition) is 2. The fourth-order valence-electron chi connectivity index (χ4n) is 1.83. The van der Waals surface area contributed by atoms with Crippen molar-refractivity contribution < 1.29 is 28.6 Å². The van der Waals surface area contributed by atoms with Crippen molar-refractivity contribution in [3.05, 3.63) is 59.1 Å². The lowest BCUT2D eigenvalue weighted by atomic mass is 10.2. The third-order valence-electron chi connectivity index (χ3n) is 3.18. The van der Waals surface area contributed by atoms with Crippen LogP contribution in [0.25, 0.3) is 0 Å². The van der Waals surface area contributed by atoms with Crippen molar-refractivity contribution in [3.8, 4) is 11.5 Å². The van der Waals surface area contributed by atoms with Gasteiger partial charge in [0.2, 0.25) is 0 Å². The topological polar surface area (TPSA) is 103 Å². The maximum atomic E-state index is 11.8. The summed E-state index contributed by atoms with van der Waals surface area (Å²) in [5.41, 5.74) is 4.53. The van der Waals surface area contributed by atoms with E-state index in [1.54, 1.807) is 36.4 Å². The van der Waals surface area contributed by atoms with Crippen molar-refractivity contribution in [1.29, 1.82) is 0 Å². The predicted molar refractivity (Wildman–Crippen MR) is 96.5 cm³/mol. The van der Waals surface area contributed by atoms with Crippen molar-refractivity contribution in [2.45, 2.75) is 0 Å². The Labute approximate surface area is 160 Å². The average molecular weight is 393 g/mol. The quantitative estimate of drug-likeness (QED) is 0.549. The molecule has 0 aromatic heterocycles. The fraction of sp³-hybridized carbons (Fsp3) is 0.167. The van der Waals surface area contributed by atoms with Crippen molar-refractivity contribution in [2.75, 3.05) is 20.3 Å². The van der Waals surface area contributed by atoms with E-state index >= 15 is 0 Å². The molecule has 8 nitrogen and oxygen atoms in total. The number of carbonyl (C=O) groups excluding carboxylic acids is 3. The van der Waals surface area contributed by atoms with Gasteiger partial charge in [0.15, 0.2) is 13.2 Å². The number of esters is 1. The Morgan fingerprint density at radius 2 is 1.41 bits per heavy atom. The molecule has 0 radical (unpaired) electrons.